The van der Waals surface area contributed by atoms with Crippen molar-refractivity contribution in [3.05, 3.63) is 0 Å². The van der Waals surface area contributed by atoms with Crippen molar-refractivity contribution >= 4 is 0 Å². The van der Waals surface area contributed by atoms with Crippen molar-refractivity contribution in [1.82, 2.24) is 0 Å². The maximum Gasteiger partial charge on any atom is 0.0720 e. The highest BCUT2D eigenvalue weighted by Crippen LogP contribution is 2.55. The number of rotatable bonds is 2. The third kappa shape index (κ3) is 3.32. The Kier molecular flexibility index (Phi) is 4.81. The molecule has 2 aliphatic carbocycles. The van der Waals surface area contributed by atoms with Crippen LogP contribution >= 0.6 is 0 Å². The van der Waals surface area contributed by atoms with Gasteiger partial charge < -0.3 is 10.8 Å². The summed E-state index contributed by atoms with van der Waals surface area (Å²) in [6, 6.07) is 0. The van der Waals surface area contributed by atoms with Crippen LogP contribution < -0.4 is 5.73 Å². The Hall–Kier alpha value is -0.0800. The minimum absolute atomic E-state index is 0.0301. The van der Waals surface area contributed by atoms with Gasteiger partial charge in [-0.15, -0.1) is 0 Å². The third-order valence-corrected chi connectivity index (χ3v) is 6.72. The first-order chi connectivity index (χ1) is 9.62. The Bertz CT molecular complexity index is 339. The standard InChI is InChI=1S/C19H37NO/c1-14-10-15(2)12-19(21,11-14)18(13-20)8-6-16(7-9-18)17(3,4)5/h14-16,21H,6-13,20H2,1-5H3. The molecule has 0 saturated heterocycles. The van der Waals surface area contributed by atoms with Crippen LogP contribution in [0.4, 0.5) is 0 Å². The third-order valence-electron chi connectivity index (χ3n) is 6.72. The Balaban J connectivity index is 2.16. The lowest BCUT2D eigenvalue weighted by Gasteiger charge is -2.55. The van der Waals surface area contributed by atoms with Gasteiger partial charge >= 0.3 is 0 Å². The summed E-state index contributed by atoms with van der Waals surface area (Å²) >= 11 is 0. The first-order valence-electron chi connectivity index (χ1n) is 9.04. The summed E-state index contributed by atoms with van der Waals surface area (Å²) in [5, 5.41) is 11.5. The summed E-state index contributed by atoms with van der Waals surface area (Å²) in [6.07, 6.45) is 7.84. The molecule has 0 bridgehead atoms. The van der Waals surface area contributed by atoms with E-state index in [0.29, 0.717) is 23.8 Å². The molecule has 2 heteroatoms. The van der Waals surface area contributed by atoms with Crippen LogP contribution in [0, 0.1) is 28.6 Å². The van der Waals surface area contributed by atoms with E-state index in [1.165, 1.54) is 19.3 Å². The molecular weight excluding hydrogens is 258 g/mol. The molecule has 0 aromatic rings. The summed E-state index contributed by atoms with van der Waals surface area (Å²) in [5.41, 5.74) is 6.07. The van der Waals surface area contributed by atoms with Crippen LogP contribution in [0.2, 0.25) is 0 Å². The molecule has 0 spiro atoms. The monoisotopic (exact) mass is 295 g/mol. The first kappa shape index (κ1) is 17.3. The minimum atomic E-state index is -0.526. The highest BCUT2D eigenvalue weighted by atomic mass is 16.3. The van der Waals surface area contributed by atoms with E-state index in [4.69, 9.17) is 5.73 Å². The van der Waals surface area contributed by atoms with Gasteiger partial charge in [0.1, 0.15) is 0 Å². The van der Waals surface area contributed by atoms with Crippen LogP contribution in [0.3, 0.4) is 0 Å². The Morgan fingerprint density at radius 2 is 1.52 bits per heavy atom. The molecule has 2 unspecified atom stereocenters. The molecule has 2 fully saturated rings. The average molecular weight is 296 g/mol. The van der Waals surface area contributed by atoms with Crippen molar-refractivity contribution in [2.45, 2.75) is 85.2 Å². The van der Waals surface area contributed by atoms with Gasteiger partial charge in [-0.25, -0.2) is 0 Å². The maximum atomic E-state index is 11.5. The molecule has 0 amide bonds. The molecule has 0 aromatic heterocycles. The molecule has 2 atom stereocenters. The van der Waals surface area contributed by atoms with Crippen LogP contribution in [0.25, 0.3) is 0 Å². The summed E-state index contributed by atoms with van der Waals surface area (Å²) < 4.78 is 0. The van der Waals surface area contributed by atoms with E-state index in [0.717, 1.165) is 31.6 Å². The van der Waals surface area contributed by atoms with Crippen LogP contribution in [-0.2, 0) is 0 Å². The van der Waals surface area contributed by atoms with Gasteiger partial charge in [0.25, 0.3) is 0 Å². The smallest absolute Gasteiger partial charge is 0.0720 e. The van der Waals surface area contributed by atoms with Crippen LogP contribution in [0.15, 0.2) is 0 Å². The molecular formula is C19H37NO. The fraction of sp³-hybridized carbons (Fsp3) is 1.00. The van der Waals surface area contributed by atoms with Gasteiger partial charge in [0.15, 0.2) is 0 Å². The van der Waals surface area contributed by atoms with Crippen LogP contribution in [0.5, 0.6) is 0 Å². The highest BCUT2D eigenvalue weighted by molar-refractivity contribution is 5.05. The van der Waals surface area contributed by atoms with Gasteiger partial charge in [0.2, 0.25) is 0 Å². The molecule has 21 heavy (non-hydrogen) atoms. The molecule has 0 radical (unpaired) electrons. The second-order valence-electron chi connectivity index (χ2n) is 9.51. The second-order valence-corrected chi connectivity index (χ2v) is 9.51. The lowest BCUT2D eigenvalue weighted by molar-refractivity contribution is -0.149. The van der Waals surface area contributed by atoms with Crippen molar-refractivity contribution in [1.29, 1.82) is 0 Å². The maximum absolute atomic E-state index is 11.5. The Labute approximate surface area is 131 Å². The zero-order valence-electron chi connectivity index (χ0n) is 14.9. The van der Waals surface area contributed by atoms with Crippen molar-refractivity contribution in [2.24, 2.45) is 34.3 Å². The summed E-state index contributed by atoms with van der Waals surface area (Å²) in [7, 11) is 0. The van der Waals surface area contributed by atoms with E-state index in [9.17, 15) is 5.11 Å². The van der Waals surface area contributed by atoms with Gasteiger partial charge in [-0.2, -0.15) is 0 Å². The van der Waals surface area contributed by atoms with Crippen molar-refractivity contribution < 1.29 is 5.11 Å². The largest absolute Gasteiger partial charge is 0.389 e. The predicted octanol–water partition coefficient (Wildman–Crippen LogP) is 4.36. The summed E-state index contributed by atoms with van der Waals surface area (Å²) in [4.78, 5) is 0. The number of nitrogens with two attached hydrogens (primary N) is 1. The zero-order valence-corrected chi connectivity index (χ0v) is 14.9. The fourth-order valence-corrected chi connectivity index (χ4v) is 5.42. The van der Waals surface area contributed by atoms with E-state index in [2.05, 4.69) is 34.6 Å². The Morgan fingerprint density at radius 3 is 1.90 bits per heavy atom. The second kappa shape index (κ2) is 5.85. The number of hydrogen-bond acceptors (Lipinski definition) is 2. The molecule has 2 nitrogen and oxygen atoms in total. The van der Waals surface area contributed by atoms with Crippen LogP contribution in [0.1, 0.15) is 79.6 Å². The molecule has 124 valence electrons. The van der Waals surface area contributed by atoms with Crippen molar-refractivity contribution in [3.63, 3.8) is 0 Å². The van der Waals surface area contributed by atoms with Gasteiger partial charge in [0.05, 0.1) is 5.60 Å². The molecule has 0 heterocycles. The molecule has 0 aliphatic heterocycles. The normalized spacial score (nSPS) is 45.6. The first-order valence-corrected chi connectivity index (χ1v) is 9.04. The van der Waals surface area contributed by atoms with E-state index >= 15 is 0 Å². The molecule has 2 rings (SSSR count). The highest BCUT2D eigenvalue weighted by Gasteiger charge is 2.53. The van der Waals surface area contributed by atoms with E-state index in [1.54, 1.807) is 0 Å². The quantitative estimate of drug-likeness (QED) is 0.795. The van der Waals surface area contributed by atoms with E-state index < -0.39 is 5.60 Å². The van der Waals surface area contributed by atoms with E-state index in [1.807, 2.05) is 0 Å². The number of hydrogen-bond donors (Lipinski definition) is 2. The fourth-order valence-electron chi connectivity index (χ4n) is 5.42. The average Bonchev–Trinajstić information content (AvgIpc) is 2.36. The molecule has 0 aromatic carbocycles. The van der Waals surface area contributed by atoms with Gasteiger partial charge in [-0.05, 0) is 68.1 Å². The van der Waals surface area contributed by atoms with Gasteiger partial charge in [0, 0.05) is 12.0 Å². The zero-order chi connectivity index (χ0) is 15.9. The number of aliphatic hydroxyl groups is 1. The van der Waals surface area contributed by atoms with Gasteiger partial charge in [-0.3, -0.25) is 0 Å². The molecule has 2 aliphatic rings. The van der Waals surface area contributed by atoms with E-state index in [-0.39, 0.29) is 5.41 Å². The van der Waals surface area contributed by atoms with Crippen molar-refractivity contribution in [3.8, 4) is 0 Å². The van der Waals surface area contributed by atoms with Crippen molar-refractivity contribution in [2.75, 3.05) is 6.54 Å². The van der Waals surface area contributed by atoms with Gasteiger partial charge in [-0.1, -0.05) is 34.6 Å². The lowest BCUT2D eigenvalue weighted by Crippen LogP contribution is -2.57. The van der Waals surface area contributed by atoms with Crippen LogP contribution in [-0.4, -0.2) is 17.3 Å². The molecule has 3 N–H and O–H groups in total. The Morgan fingerprint density at radius 1 is 1.05 bits per heavy atom. The summed E-state index contributed by atoms with van der Waals surface area (Å²) in [5.74, 6) is 2.03. The topological polar surface area (TPSA) is 46.2 Å². The molecule has 2 saturated carbocycles. The predicted molar refractivity (Wildman–Crippen MR) is 90.0 cm³/mol. The minimum Gasteiger partial charge on any atom is -0.389 e. The summed E-state index contributed by atoms with van der Waals surface area (Å²) in [6.45, 7) is 12.3. The lowest BCUT2D eigenvalue weighted by atomic mass is 9.53. The SMILES string of the molecule is CC1CC(C)CC(O)(C2(CN)CCC(C(C)(C)C)CC2)C1.